The van der Waals surface area contributed by atoms with Crippen molar-refractivity contribution in [3.63, 3.8) is 0 Å². The van der Waals surface area contributed by atoms with Crippen LogP contribution in [-0.4, -0.2) is 11.9 Å². The number of anilines is 1. The third-order valence-corrected chi connectivity index (χ3v) is 2.43. The number of terminal acetylenes is 1. The summed E-state index contributed by atoms with van der Waals surface area (Å²) in [5.41, 5.74) is 7.61. The van der Waals surface area contributed by atoms with Crippen LogP contribution in [0.1, 0.15) is 25.3 Å². The minimum atomic E-state index is -0.643. The fraction of sp³-hybridized carbons (Fsp3) is 0.357. The highest BCUT2D eigenvalue weighted by Crippen LogP contribution is 2.11. The number of rotatable bonds is 5. The number of hydrogen-bond acceptors (Lipinski definition) is 2. The predicted octanol–water partition coefficient (Wildman–Crippen LogP) is 1.93. The highest BCUT2D eigenvalue weighted by Gasteiger charge is 2.11. The zero-order valence-corrected chi connectivity index (χ0v) is 10.1. The molecule has 3 N–H and O–H groups in total. The molecule has 3 nitrogen and oxygen atoms in total. The Morgan fingerprint density at radius 3 is 2.65 bits per heavy atom. The number of nitrogens with one attached hydrogen (secondary N) is 1. The van der Waals surface area contributed by atoms with Crippen LogP contribution in [0.15, 0.2) is 24.3 Å². The lowest BCUT2D eigenvalue weighted by Gasteiger charge is -2.10. The van der Waals surface area contributed by atoms with E-state index in [1.807, 2.05) is 24.3 Å². The van der Waals surface area contributed by atoms with Gasteiger partial charge in [0.15, 0.2) is 0 Å². The van der Waals surface area contributed by atoms with Crippen molar-refractivity contribution in [2.24, 2.45) is 5.73 Å². The van der Waals surface area contributed by atoms with Crippen LogP contribution < -0.4 is 11.1 Å². The standard InChI is InChI=1S/C14H18N2O/c1-3-5-11-7-9-12(10-8-11)16-14(17)13(15)6-4-2/h2,7-10,13H,3,5-6,15H2,1H3,(H,16,17). The van der Waals surface area contributed by atoms with E-state index in [-0.39, 0.29) is 12.3 Å². The second-order valence-electron chi connectivity index (χ2n) is 3.95. The van der Waals surface area contributed by atoms with Gasteiger partial charge in [0.2, 0.25) is 5.91 Å². The number of carbonyl (C=O) groups excluding carboxylic acids is 1. The Hall–Kier alpha value is -1.79. The number of carbonyl (C=O) groups is 1. The minimum Gasteiger partial charge on any atom is -0.325 e. The topological polar surface area (TPSA) is 55.1 Å². The summed E-state index contributed by atoms with van der Waals surface area (Å²) in [6, 6.07) is 7.13. The van der Waals surface area contributed by atoms with Crippen LogP contribution in [0.4, 0.5) is 5.69 Å². The highest BCUT2D eigenvalue weighted by molar-refractivity contribution is 5.94. The van der Waals surface area contributed by atoms with Crippen molar-refractivity contribution in [3.8, 4) is 12.3 Å². The average Bonchev–Trinajstić information content (AvgIpc) is 2.32. The monoisotopic (exact) mass is 230 g/mol. The Kier molecular flexibility index (Phi) is 5.25. The van der Waals surface area contributed by atoms with E-state index in [1.165, 1.54) is 5.56 Å². The van der Waals surface area contributed by atoms with Crippen molar-refractivity contribution in [1.29, 1.82) is 0 Å². The van der Waals surface area contributed by atoms with E-state index in [2.05, 4.69) is 18.2 Å². The quantitative estimate of drug-likeness (QED) is 0.759. The van der Waals surface area contributed by atoms with Gasteiger partial charge in [0, 0.05) is 12.1 Å². The maximum Gasteiger partial charge on any atom is 0.242 e. The normalized spacial score (nSPS) is 11.6. The second-order valence-corrected chi connectivity index (χ2v) is 3.95. The Bertz CT molecular complexity index is 403. The molecule has 0 bridgehead atoms. The van der Waals surface area contributed by atoms with Crippen LogP contribution >= 0.6 is 0 Å². The third kappa shape index (κ3) is 4.29. The van der Waals surface area contributed by atoms with Gasteiger partial charge in [-0.2, -0.15) is 0 Å². The molecular weight excluding hydrogens is 212 g/mol. The lowest BCUT2D eigenvalue weighted by atomic mass is 10.1. The van der Waals surface area contributed by atoms with Gasteiger partial charge in [-0.05, 0) is 24.1 Å². The van der Waals surface area contributed by atoms with Crippen molar-refractivity contribution < 1.29 is 4.79 Å². The van der Waals surface area contributed by atoms with Gasteiger partial charge < -0.3 is 11.1 Å². The van der Waals surface area contributed by atoms with Crippen LogP contribution in [0.3, 0.4) is 0 Å². The number of benzene rings is 1. The van der Waals surface area contributed by atoms with Crippen LogP contribution in [0, 0.1) is 12.3 Å². The molecule has 1 aromatic rings. The Morgan fingerprint density at radius 1 is 1.47 bits per heavy atom. The van der Waals surface area contributed by atoms with Crippen molar-refractivity contribution in [2.45, 2.75) is 32.2 Å². The van der Waals surface area contributed by atoms with Gasteiger partial charge in [-0.25, -0.2) is 0 Å². The maximum absolute atomic E-state index is 11.6. The molecule has 0 heterocycles. The second kappa shape index (κ2) is 6.72. The highest BCUT2D eigenvalue weighted by atomic mass is 16.2. The summed E-state index contributed by atoms with van der Waals surface area (Å²) in [5, 5.41) is 2.74. The van der Waals surface area contributed by atoms with Gasteiger partial charge in [0.25, 0.3) is 0 Å². The summed E-state index contributed by atoms with van der Waals surface area (Å²) in [6.07, 6.45) is 7.51. The van der Waals surface area contributed by atoms with E-state index in [0.29, 0.717) is 0 Å². The van der Waals surface area contributed by atoms with Gasteiger partial charge in [-0.1, -0.05) is 25.5 Å². The largest absolute Gasteiger partial charge is 0.325 e. The maximum atomic E-state index is 11.6. The first kappa shape index (κ1) is 13.3. The smallest absolute Gasteiger partial charge is 0.242 e. The first-order valence-electron chi connectivity index (χ1n) is 5.76. The average molecular weight is 230 g/mol. The van der Waals surface area contributed by atoms with Gasteiger partial charge in [-0.15, -0.1) is 12.3 Å². The van der Waals surface area contributed by atoms with Crippen LogP contribution in [0.5, 0.6) is 0 Å². The van der Waals surface area contributed by atoms with E-state index in [0.717, 1.165) is 18.5 Å². The molecule has 0 saturated heterocycles. The molecule has 0 aliphatic heterocycles. The molecule has 3 heteroatoms. The van der Waals surface area contributed by atoms with E-state index in [9.17, 15) is 4.79 Å². The molecule has 1 unspecified atom stereocenters. The molecule has 17 heavy (non-hydrogen) atoms. The summed E-state index contributed by atoms with van der Waals surface area (Å²) in [5.74, 6) is 2.13. The molecule has 1 rings (SSSR count). The molecule has 0 saturated carbocycles. The van der Waals surface area contributed by atoms with E-state index in [4.69, 9.17) is 12.2 Å². The first-order chi connectivity index (χ1) is 8.17. The molecule has 0 spiro atoms. The molecule has 1 amide bonds. The molecule has 0 aromatic heterocycles. The molecule has 0 fully saturated rings. The zero-order chi connectivity index (χ0) is 12.7. The number of hydrogen-bond donors (Lipinski definition) is 2. The van der Waals surface area contributed by atoms with Gasteiger partial charge in [0.05, 0.1) is 6.04 Å². The number of amides is 1. The lowest BCUT2D eigenvalue weighted by Crippen LogP contribution is -2.35. The third-order valence-electron chi connectivity index (χ3n) is 2.43. The molecular formula is C14H18N2O. The lowest BCUT2D eigenvalue weighted by molar-refractivity contribution is -0.117. The van der Waals surface area contributed by atoms with Crippen LogP contribution in [0.25, 0.3) is 0 Å². The first-order valence-corrected chi connectivity index (χ1v) is 5.76. The van der Waals surface area contributed by atoms with Crippen molar-refractivity contribution in [3.05, 3.63) is 29.8 Å². The fourth-order valence-corrected chi connectivity index (χ4v) is 1.50. The van der Waals surface area contributed by atoms with Gasteiger partial charge in [-0.3, -0.25) is 4.79 Å². The minimum absolute atomic E-state index is 0.244. The van der Waals surface area contributed by atoms with Crippen LogP contribution in [0.2, 0.25) is 0 Å². The van der Waals surface area contributed by atoms with Gasteiger partial charge in [0.1, 0.15) is 0 Å². The van der Waals surface area contributed by atoms with Crippen molar-refractivity contribution in [2.75, 3.05) is 5.32 Å². The summed E-state index contributed by atoms with van der Waals surface area (Å²) in [6.45, 7) is 2.13. The summed E-state index contributed by atoms with van der Waals surface area (Å²) >= 11 is 0. The molecule has 0 aliphatic rings. The zero-order valence-electron chi connectivity index (χ0n) is 10.1. The molecule has 0 radical (unpaired) electrons. The SMILES string of the molecule is C#CCC(N)C(=O)Nc1ccc(CCC)cc1. The molecule has 1 atom stereocenters. The predicted molar refractivity (Wildman–Crippen MR) is 70.5 cm³/mol. The Morgan fingerprint density at radius 2 is 2.12 bits per heavy atom. The Labute approximate surface area is 102 Å². The summed E-state index contributed by atoms with van der Waals surface area (Å²) < 4.78 is 0. The van der Waals surface area contributed by atoms with E-state index in [1.54, 1.807) is 0 Å². The molecule has 90 valence electrons. The summed E-state index contributed by atoms with van der Waals surface area (Å²) in [7, 11) is 0. The van der Waals surface area contributed by atoms with Gasteiger partial charge >= 0.3 is 0 Å². The molecule has 0 aliphatic carbocycles. The molecule has 1 aromatic carbocycles. The van der Waals surface area contributed by atoms with Crippen molar-refractivity contribution in [1.82, 2.24) is 0 Å². The van der Waals surface area contributed by atoms with E-state index < -0.39 is 6.04 Å². The van der Waals surface area contributed by atoms with Crippen molar-refractivity contribution >= 4 is 11.6 Å². The Balaban J connectivity index is 2.57. The van der Waals surface area contributed by atoms with Crippen LogP contribution in [-0.2, 0) is 11.2 Å². The summed E-state index contributed by atoms with van der Waals surface area (Å²) in [4.78, 5) is 11.6. The van der Waals surface area contributed by atoms with E-state index >= 15 is 0 Å². The number of aryl methyl sites for hydroxylation is 1. The fourth-order valence-electron chi connectivity index (χ4n) is 1.50. The number of nitrogens with two attached hydrogens (primary N) is 1.